The number of carbonyl (C=O) groups excluding carboxylic acids is 1. The first-order chi connectivity index (χ1) is 18.0. The molecule has 38 heavy (non-hydrogen) atoms. The molecule has 0 fully saturated rings. The van der Waals surface area contributed by atoms with Crippen LogP contribution in [0.2, 0.25) is 0 Å². The SMILES string of the molecule is O=C1c2cc(-c3nnc(C(F)F)o3)ccc2CN1[C@H](c1ccc(F)cc1)[C@@H](O)c1ccc(C(F)(F)F)nc1. The first-order valence-electron chi connectivity index (χ1n) is 11.1. The lowest BCUT2D eigenvalue weighted by molar-refractivity contribution is -0.141. The molecular formula is C25H16F6N4O3. The largest absolute Gasteiger partial charge is 0.433 e. The molecule has 4 aromatic rings. The average Bonchev–Trinajstić information content (AvgIpc) is 3.50. The Hall–Kier alpha value is -4.26. The summed E-state index contributed by atoms with van der Waals surface area (Å²) in [6.45, 7) is -0.00622. The van der Waals surface area contributed by atoms with Crippen LogP contribution in [-0.2, 0) is 12.7 Å². The summed E-state index contributed by atoms with van der Waals surface area (Å²) in [5.41, 5.74) is 0.0753. The van der Waals surface area contributed by atoms with Gasteiger partial charge in [0.1, 0.15) is 17.6 Å². The van der Waals surface area contributed by atoms with E-state index in [-0.39, 0.29) is 29.1 Å². The number of alkyl halides is 5. The van der Waals surface area contributed by atoms with Gasteiger partial charge in [-0.05, 0) is 41.5 Å². The van der Waals surface area contributed by atoms with E-state index in [1.807, 2.05) is 0 Å². The number of fused-ring (bicyclic) bond motifs is 1. The maximum atomic E-state index is 13.6. The Bertz CT molecular complexity index is 1470. The molecule has 0 radical (unpaired) electrons. The molecule has 2 atom stereocenters. The topological polar surface area (TPSA) is 92.4 Å². The minimum atomic E-state index is -4.68. The van der Waals surface area contributed by atoms with Crippen LogP contribution in [0.4, 0.5) is 26.3 Å². The Labute approximate surface area is 210 Å². The summed E-state index contributed by atoms with van der Waals surface area (Å²) in [6.07, 6.45) is -8.32. The van der Waals surface area contributed by atoms with Crippen molar-refractivity contribution in [1.82, 2.24) is 20.1 Å². The number of rotatable bonds is 6. The van der Waals surface area contributed by atoms with E-state index in [0.717, 1.165) is 24.4 Å². The van der Waals surface area contributed by atoms with Crippen LogP contribution in [0.5, 0.6) is 0 Å². The van der Waals surface area contributed by atoms with Gasteiger partial charge in [0.05, 0.1) is 6.04 Å². The molecule has 1 aliphatic rings. The highest BCUT2D eigenvalue weighted by atomic mass is 19.4. The van der Waals surface area contributed by atoms with Crippen LogP contribution in [0.3, 0.4) is 0 Å². The third kappa shape index (κ3) is 4.72. The number of pyridine rings is 1. The fourth-order valence-electron chi connectivity index (χ4n) is 4.24. The van der Waals surface area contributed by atoms with Crippen molar-refractivity contribution in [3.05, 3.63) is 100 Å². The molecule has 2 aromatic carbocycles. The van der Waals surface area contributed by atoms with E-state index < -0.39 is 48.1 Å². The number of nitrogens with zero attached hydrogens (tertiary/aromatic N) is 4. The second kappa shape index (κ2) is 9.56. The lowest BCUT2D eigenvalue weighted by Crippen LogP contribution is -2.33. The Morgan fingerprint density at radius 1 is 0.974 bits per heavy atom. The number of benzene rings is 2. The predicted molar refractivity (Wildman–Crippen MR) is 118 cm³/mol. The van der Waals surface area contributed by atoms with E-state index in [4.69, 9.17) is 4.42 Å². The van der Waals surface area contributed by atoms with E-state index in [9.17, 15) is 36.2 Å². The first kappa shape index (κ1) is 25.4. The third-order valence-corrected chi connectivity index (χ3v) is 6.08. The van der Waals surface area contributed by atoms with Crippen molar-refractivity contribution in [3.63, 3.8) is 0 Å². The fraction of sp³-hybridized carbons (Fsp3) is 0.200. The molecular weight excluding hydrogens is 518 g/mol. The Kier molecular flexibility index (Phi) is 6.39. The number of aliphatic hydroxyl groups is 1. The van der Waals surface area contributed by atoms with Crippen LogP contribution in [-0.4, -0.2) is 31.1 Å². The van der Waals surface area contributed by atoms with E-state index in [1.165, 1.54) is 29.2 Å². The first-order valence-corrected chi connectivity index (χ1v) is 11.1. The maximum Gasteiger partial charge on any atom is 0.433 e. The number of amides is 1. The van der Waals surface area contributed by atoms with Gasteiger partial charge < -0.3 is 14.4 Å². The van der Waals surface area contributed by atoms with Crippen molar-refractivity contribution in [3.8, 4) is 11.5 Å². The molecule has 196 valence electrons. The Balaban J connectivity index is 1.50. The zero-order chi connectivity index (χ0) is 27.2. The minimum Gasteiger partial charge on any atom is -0.415 e. The summed E-state index contributed by atoms with van der Waals surface area (Å²) in [5, 5.41) is 18.1. The molecule has 0 saturated carbocycles. The van der Waals surface area contributed by atoms with Crippen LogP contribution < -0.4 is 0 Å². The van der Waals surface area contributed by atoms with Crippen molar-refractivity contribution >= 4 is 5.91 Å². The number of aliphatic hydroxyl groups excluding tert-OH is 1. The second-order valence-electron chi connectivity index (χ2n) is 8.47. The van der Waals surface area contributed by atoms with E-state index in [2.05, 4.69) is 15.2 Å². The number of halogens is 6. The van der Waals surface area contributed by atoms with Crippen molar-refractivity contribution in [2.24, 2.45) is 0 Å². The molecule has 1 N–H and O–H groups in total. The smallest absolute Gasteiger partial charge is 0.415 e. The molecule has 0 aliphatic carbocycles. The van der Waals surface area contributed by atoms with E-state index in [0.29, 0.717) is 17.2 Å². The summed E-state index contributed by atoms with van der Waals surface area (Å²) in [6, 6.07) is 10.0. The van der Waals surface area contributed by atoms with Gasteiger partial charge in [-0.2, -0.15) is 22.0 Å². The summed E-state index contributed by atoms with van der Waals surface area (Å²) in [5.74, 6) is -2.23. The van der Waals surface area contributed by atoms with Crippen LogP contribution >= 0.6 is 0 Å². The molecule has 0 spiro atoms. The lowest BCUT2D eigenvalue weighted by Gasteiger charge is -2.32. The molecule has 2 aromatic heterocycles. The zero-order valence-corrected chi connectivity index (χ0v) is 19.0. The van der Waals surface area contributed by atoms with Gasteiger partial charge in [0.25, 0.3) is 11.8 Å². The van der Waals surface area contributed by atoms with Crippen molar-refractivity contribution in [1.29, 1.82) is 0 Å². The number of hydrogen-bond acceptors (Lipinski definition) is 6. The summed E-state index contributed by atoms with van der Waals surface area (Å²) < 4.78 is 83.1. The van der Waals surface area contributed by atoms with Gasteiger partial charge in [-0.15, -0.1) is 10.2 Å². The molecule has 0 unspecified atom stereocenters. The van der Waals surface area contributed by atoms with Gasteiger partial charge >= 0.3 is 12.6 Å². The van der Waals surface area contributed by atoms with E-state index in [1.54, 1.807) is 6.07 Å². The quantitative estimate of drug-likeness (QED) is 0.321. The highest BCUT2D eigenvalue weighted by molar-refractivity contribution is 5.99. The Morgan fingerprint density at radius 2 is 1.68 bits per heavy atom. The third-order valence-electron chi connectivity index (χ3n) is 6.08. The maximum absolute atomic E-state index is 13.6. The number of hydrogen-bond donors (Lipinski definition) is 1. The molecule has 1 amide bonds. The van der Waals surface area contributed by atoms with Gasteiger partial charge in [0, 0.05) is 29.4 Å². The Morgan fingerprint density at radius 3 is 2.29 bits per heavy atom. The van der Waals surface area contributed by atoms with Crippen molar-refractivity contribution in [2.45, 2.75) is 31.3 Å². The summed E-state index contributed by atoms with van der Waals surface area (Å²) in [7, 11) is 0. The van der Waals surface area contributed by atoms with Crippen LogP contribution in [0.25, 0.3) is 11.5 Å². The van der Waals surface area contributed by atoms with E-state index >= 15 is 0 Å². The minimum absolute atomic E-state index is 0.00200. The molecule has 0 saturated heterocycles. The summed E-state index contributed by atoms with van der Waals surface area (Å²) >= 11 is 0. The van der Waals surface area contributed by atoms with Gasteiger partial charge in [-0.25, -0.2) is 4.39 Å². The van der Waals surface area contributed by atoms with Crippen molar-refractivity contribution in [2.75, 3.05) is 0 Å². The van der Waals surface area contributed by atoms with Gasteiger partial charge in [-0.3, -0.25) is 9.78 Å². The second-order valence-corrected chi connectivity index (χ2v) is 8.47. The highest BCUT2D eigenvalue weighted by Crippen LogP contribution is 2.40. The molecule has 0 bridgehead atoms. The van der Waals surface area contributed by atoms with Crippen LogP contribution in [0, 0.1) is 5.82 Å². The molecule has 1 aliphatic heterocycles. The van der Waals surface area contributed by atoms with Gasteiger partial charge in [0.15, 0.2) is 0 Å². The highest BCUT2D eigenvalue weighted by Gasteiger charge is 2.39. The molecule has 7 nitrogen and oxygen atoms in total. The molecule has 13 heteroatoms. The predicted octanol–water partition coefficient (Wildman–Crippen LogP) is 5.66. The average molecular weight is 534 g/mol. The molecule has 3 heterocycles. The van der Waals surface area contributed by atoms with Gasteiger partial charge in [-0.1, -0.05) is 24.3 Å². The van der Waals surface area contributed by atoms with Crippen LogP contribution in [0.15, 0.2) is 65.2 Å². The number of aromatic nitrogens is 3. The standard InChI is InChI=1S/C25H16F6N4O3/c26-16-6-3-12(4-7-16)19(20(36)14-5-8-18(32-10-14)25(29,30)31)35-11-15-2-1-13(9-17(15)24(35)37)22-33-34-23(38-22)21(27)28/h1-10,19-21,36H,11H2/t19-,20+/m1/s1. The normalized spacial score (nSPS) is 15.2. The van der Waals surface area contributed by atoms with Crippen LogP contribution in [0.1, 0.15) is 57.2 Å². The number of carbonyl (C=O) groups is 1. The monoisotopic (exact) mass is 534 g/mol. The van der Waals surface area contributed by atoms with Crippen molar-refractivity contribution < 1.29 is 40.7 Å². The zero-order valence-electron chi connectivity index (χ0n) is 19.0. The fourth-order valence-corrected chi connectivity index (χ4v) is 4.24. The summed E-state index contributed by atoms with van der Waals surface area (Å²) in [4.78, 5) is 18.1. The lowest BCUT2D eigenvalue weighted by atomic mass is 9.95. The van der Waals surface area contributed by atoms with Gasteiger partial charge in [0.2, 0.25) is 5.89 Å². The molecule has 5 rings (SSSR count).